The molecule has 1 N–H and O–H groups in total. The molecule has 1 aromatic rings. The van der Waals surface area contributed by atoms with Gasteiger partial charge in [0.2, 0.25) is 5.91 Å². The summed E-state index contributed by atoms with van der Waals surface area (Å²) in [5.41, 5.74) is 0.715. The third-order valence-corrected chi connectivity index (χ3v) is 3.69. The second kappa shape index (κ2) is 5.97. The number of rotatable bonds is 4. The highest BCUT2D eigenvalue weighted by molar-refractivity contribution is 6.00. The first kappa shape index (κ1) is 13.7. The number of nitrogens with one attached hydrogen (secondary N) is 1. The molecule has 1 amide bonds. The van der Waals surface area contributed by atoms with Gasteiger partial charge in [-0.15, -0.1) is 0 Å². The van der Waals surface area contributed by atoms with Gasteiger partial charge >= 0.3 is 0 Å². The Morgan fingerprint density at radius 2 is 2.11 bits per heavy atom. The summed E-state index contributed by atoms with van der Waals surface area (Å²) in [6.45, 7) is 5.19. The van der Waals surface area contributed by atoms with E-state index in [9.17, 15) is 9.59 Å². The van der Waals surface area contributed by atoms with E-state index in [-0.39, 0.29) is 23.8 Å². The van der Waals surface area contributed by atoms with Crippen molar-refractivity contribution < 1.29 is 9.59 Å². The number of carbonyl (C=O) groups is 2. The summed E-state index contributed by atoms with van der Waals surface area (Å²) in [5, 5.41) is 2.83. The van der Waals surface area contributed by atoms with E-state index in [0.29, 0.717) is 18.5 Å². The fraction of sp³-hybridized carbons (Fsp3) is 0.467. The van der Waals surface area contributed by atoms with Crippen molar-refractivity contribution >= 4 is 11.7 Å². The second-order valence-electron chi connectivity index (χ2n) is 4.86. The molecule has 0 aliphatic carbocycles. The lowest BCUT2D eigenvalue weighted by molar-refractivity contribution is -0.129. The zero-order valence-electron chi connectivity index (χ0n) is 11.4. The van der Waals surface area contributed by atoms with Crippen LogP contribution in [0.1, 0.15) is 30.6 Å². The molecule has 0 spiro atoms. The van der Waals surface area contributed by atoms with Crippen molar-refractivity contribution in [1.29, 1.82) is 0 Å². The molecule has 2 atom stereocenters. The standard InChI is InChI=1S/C15H20N2O2/c1-3-13(14(18)12-7-5-4-6-8-12)17-10-9-16-15(19)11(17)2/h4-8,11,13H,3,9-10H2,1-2H3,(H,16,19). The number of nitrogens with zero attached hydrogens (tertiary/aromatic N) is 1. The zero-order valence-corrected chi connectivity index (χ0v) is 11.4. The Morgan fingerprint density at radius 3 is 2.74 bits per heavy atom. The van der Waals surface area contributed by atoms with E-state index in [1.807, 2.05) is 49.1 Å². The highest BCUT2D eigenvalue weighted by atomic mass is 16.2. The molecule has 2 unspecified atom stereocenters. The average Bonchev–Trinajstić information content (AvgIpc) is 2.45. The van der Waals surface area contributed by atoms with E-state index in [0.717, 1.165) is 6.54 Å². The summed E-state index contributed by atoms with van der Waals surface area (Å²) < 4.78 is 0. The van der Waals surface area contributed by atoms with Crippen molar-refractivity contribution in [3.63, 3.8) is 0 Å². The number of benzene rings is 1. The van der Waals surface area contributed by atoms with Crippen molar-refractivity contribution in [2.75, 3.05) is 13.1 Å². The molecular weight excluding hydrogens is 240 g/mol. The predicted octanol–water partition coefficient (Wildman–Crippen LogP) is 1.47. The summed E-state index contributed by atoms with van der Waals surface area (Å²) in [7, 11) is 0. The van der Waals surface area contributed by atoms with Gasteiger partial charge < -0.3 is 5.32 Å². The van der Waals surface area contributed by atoms with E-state index >= 15 is 0 Å². The lowest BCUT2D eigenvalue weighted by atomic mass is 9.98. The van der Waals surface area contributed by atoms with Crippen LogP contribution in [0.5, 0.6) is 0 Å². The van der Waals surface area contributed by atoms with Crippen LogP contribution in [-0.4, -0.2) is 41.8 Å². The van der Waals surface area contributed by atoms with Crippen LogP contribution >= 0.6 is 0 Å². The van der Waals surface area contributed by atoms with Crippen LogP contribution in [0.3, 0.4) is 0 Å². The summed E-state index contributed by atoms with van der Waals surface area (Å²) in [4.78, 5) is 26.3. The Bertz CT molecular complexity index is 458. The summed E-state index contributed by atoms with van der Waals surface area (Å²) >= 11 is 0. The molecule has 1 saturated heterocycles. The number of hydrogen-bond acceptors (Lipinski definition) is 3. The zero-order chi connectivity index (χ0) is 13.8. The SMILES string of the molecule is CCC(C(=O)c1ccccc1)N1CCNC(=O)C1C. The van der Waals surface area contributed by atoms with Crippen LogP contribution in [0.25, 0.3) is 0 Å². The highest BCUT2D eigenvalue weighted by Gasteiger charge is 2.34. The molecule has 2 rings (SSSR count). The Kier molecular flexibility index (Phi) is 4.32. The van der Waals surface area contributed by atoms with Crippen LogP contribution in [0, 0.1) is 0 Å². The van der Waals surface area contributed by atoms with Gasteiger partial charge in [0.05, 0.1) is 12.1 Å². The molecule has 0 bridgehead atoms. The van der Waals surface area contributed by atoms with Crippen LogP contribution in [0.2, 0.25) is 0 Å². The first-order valence-electron chi connectivity index (χ1n) is 6.78. The largest absolute Gasteiger partial charge is 0.353 e. The molecule has 4 nitrogen and oxygen atoms in total. The van der Waals surface area contributed by atoms with Gasteiger partial charge in [-0.05, 0) is 13.3 Å². The van der Waals surface area contributed by atoms with Crippen LogP contribution in [0.15, 0.2) is 30.3 Å². The van der Waals surface area contributed by atoms with Gasteiger partial charge in [-0.3, -0.25) is 14.5 Å². The number of carbonyl (C=O) groups excluding carboxylic acids is 2. The summed E-state index contributed by atoms with van der Waals surface area (Å²) in [5.74, 6) is 0.107. The molecule has 0 saturated carbocycles. The van der Waals surface area contributed by atoms with Gasteiger partial charge in [-0.2, -0.15) is 0 Å². The summed E-state index contributed by atoms with van der Waals surface area (Å²) in [6.07, 6.45) is 0.714. The molecule has 1 fully saturated rings. The number of ketones is 1. The van der Waals surface area contributed by atoms with Crippen molar-refractivity contribution in [2.24, 2.45) is 0 Å². The predicted molar refractivity (Wildman–Crippen MR) is 74.0 cm³/mol. The molecular formula is C15H20N2O2. The lowest BCUT2D eigenvalue weighted by Crippen LogP contribution is -2.58. The molecule has 1 aliphatic heterocycles. The third-order valence-electron chi connectivity index (χ3n) is 3.69. The minimum absolute atomic E-state index is 0.00515. The van der Waals surface area contributed by atoms with E-state index < -0.39 is 0 Å². The van der Waals surface area contributed by atoms with Gasteiger partial charge in [-0.25, -0.2) is 0 Å². The second-order valence-corrected chi connectivity index (χ2v) is 4.86. The smallest absolute Gasteiger partial charge is 0.237 e. The van der Waals surface area contributed by atoms with E-state index in [1.165, 1.54) is 0 Å². The van der Waals surface area contributed by atoms with Gasteiger partial charge in [0.15, 0.2) is 5.78 Å². The quantitative estimate of drug-likeness (QED) is 0.834. The molecule has 1 aliphatic rings. The minimum atomic E-state index is -0.244. The minimum Gasteiger partial charge on any atom is -0.353 e. The maximum atomic E-state index is 12.6. The Labute approximate surface area is 113 Å². The van der Waals surface area contributed by atoms with Crippen LogP contribution in [0.4, 0.5) is 0 Å². The Hall–Kier alpha value is -1.68. The average molecular weight is 260 g/mol. The molecule has 102 valence electrons. The fourth-order valence-corrected chi connectivity index (χ4v) is 2.59. The Balaban J connectivity index is 2.20. The molecule has 1 heterocycles. The summed E-state index contributed by atoms with van der Waals surface area (Å²) in [6, 6.07) is 8.84. The maximum absolute atomic E-state index is 12.6. The lowest BCUT2D eigenvalue weighted by Gasteiger charge is -2.37. The highest BCUT2D eigenvalue weighted by Crippen LogP contribution is 2.17. The normalized spacial score (nSPS) is 21.8. The first-order chi connectivity index (χ1) is 9.15. The molecule has 0 aromatic heterocycles. The van der Waals surface area contributed by atoms with Gasteiger partial charge in [0.25, 0.3) is 0 Å². The van der Waals surface area contributed by atoms with E-state index in [1.54, 1.807) is 0 Å². The number of amides is 1. The molecule has 4 heteroatoms. The van der Waals surface area contributed by atoms with E-state index in [2.05, 4.69) is 5.32 Å². The van der Waals surface area contributed by atoms with E-state index in [4.69, 9.17) is 0 Å². The van der Waals surface area contributed by atoms with Crippen molar-refractivity contribution in [1.82, 2.24) is 10.2 Å². The van der Waals surface area contributed by atoms with Gasteiger partial charge in [-0.1, -0.05) is 37.3 Å². The molecule has 0 radical (unpaired) electrons. The Morgan fingerprint density at radius 1 is 1.42 bits per heavy atom. The van der Waals surface area contributed by atoms with Crippen molar-refractivity contribution in [3.05, 3.63) is 35.9 Å². The number of piperazine rings is 1. The topological polar surface area (TPSA) is 49.4 Å². The van der Waals surface area contributed by atoms with Crippen molar-refractivity contribution in [2.45, 2.75) is 32.4 Å². The monoisotopic (exact) mass is 260 g/mol. The van der Waals surface area contributed by atoms with Gasteiger partial charge in [0.1, 0.15) is 0 Å². The van der Waals surface area contributed by atoms with Crippen molar-refractivity contribution in [3.8, 4) is 0 Å². The first-order valence-corrected chi connectivity index (χ1v) is 6.78. The number of hydrogen-bond donors (Lipinski definition) is 1. The van der Waals surface area contributed by atoms with Gasteiger partial charge in [0, 0.05) is 18.7 Å². The third kappa shape index (κ3) is 2.84. The van der Waals surface area contributed by atoms with Crippen LogP contribution in [-0.2, 0) is 4.79 Å². The van der Waals surface area contributed by atoms with Crippen LogP contribution < -0.4 is 5.32 Å². The fourth-order valence-electron chi connectivity index (χ4n) is 2.59. The molecule has 1 aromatic carbocycles. The maximum Gasteiger partial charge on any atom is 0.237 e. The number of Topliss-reactive ketones (excluding diaryl/α,β-unsaturated/α-hetero) is 1. The molecule has 19 heavy (non-hydrogen) atoms.